The Kier molecular flexibility index (Phi) is 23.2. The maximum Gasteiger partial charge on any atom is 0.446 e. The molecule has 1 aromatic heterocycles. The van der Waals surface area contributed by atoms with Gasteiger partial charge in [-0.25, -0.2) is 4.79 Å². The van der Waals surface area contributed by atoms with Gasteiger partial charge in [0.25, 0.3) is 0 Å². The predicted octanol–water partition coefficient (Wildman–Crippen LogP) is 5.19. The van der Waals surface area contributed by atoms with Crippen molar-refractivity contribution in [1.29, 1.82) is 0 Å². The van der Waals surface area contributed by atoms with Crippen molar-refractivity contribution in [2.75, 3.05) is 6.54 Å². The van der Waals surface area contributed by atoms with E-state index < -0.39 is 94.4 Å². The van der Waals surface area contributed by atoms with Crippen LogP contribution in [0.3, 0.4) is 0 Å². The van der Waals surface area contributed by atoms with E-state index in [9.17, 15) is 47.1 Å². The number of unbranched alkanes of at least 4 members (excludes halogenated alkanes) is 2. The van der Waals surface area contributed by atoms with E-state index in [1.807, 2.05) is 75.4 Å². The van der Waals surface area contributed by atoms with Gasteiger partial charge in [0, 0.05) is 36.0 Å². The molecule has 4 rings (SSSR count). The molecule has 22 heteroatoms. The number of para-hydroxylation sites is 2. The third-order valence-corrected chi connectivity index (χ3v) is 11.9. The van der Waals surface area contributed by atoms with Crippen molar-refractivity contribution < 1.29 is 65.3 Å². The minimum atomic E-state index is -4.80. The van der Waals surface area contributed by atoms with Gasteiger partial charge in [0.15, 0.2) is 0 Å². The fraction of sp³-hybridized carbons (Fsp3) is 0.481. The van der Waals surface area contributed by atoms with E-state index in [0.717, 1.165) is 10.9 Å². The van der Waals surface area contributed by atoms with Crippen LogP contribution in [0.1, 0.15) is 110 Å². The van der Waals surface area contributed by atoms with Crippen LogP contribution in [0.15, 0.2) is 85.1 Å². The lowest BCUT2D eigenvalue weighted by Crippen LogP contribution is -2.57. The van der Waals surface area contributed by atoms with Crippen LogP contribution in [0, 0.1) is 0 Å². The van der Waals surface area contributed by atoms with Gasteiger partial charge in [-0.05, 0) is 94.8 Å². The zero-order chi connectivity index (χ0) is 54.4. The number of aliphatic carboxylic acids is 1. The topological polar surface area (TPSA) is 310 Å². The van der Waals surface area contributed by atoms with Gasteiger partial charge in [-0.1, -0.05) is 88.1 Å². The zero-order valence-corrected chi connectivity index (χ0v) is 43.6. The Morgan fingerprint density at radius 1 is 0.662 bits per heavy atom. The van der Waals surface area contributed by atoms with E-state index in [-0.39, 0.29) is 50.4 Å². The fourth-order valence-corrected chi connectivity index (χ4v) is 8.18. The molecule has 0 bridgehead atoms. The Morgan fingerprint density at radius 2 is 1.24 bits per heavy atom. The summed E-state index contributed by atoms with van der Waals surface area (Å²) in [5, 5.41) is 26.6. The van der Waals surface area contributed by atoms with Gasteiger partial charge in [0.1, 0.15) is 41.3 Å². The molecule has 6 amide bonds. The number of H-pyrrole nitrogens is 1. The van der Waals surface area contributed by atoms with Crippen LogP contribution in [0.25, 0.3) is 10.9 Å². The highest BCUT2D eigenvalue weighted by Gasteiger charge is 2.32. The second-order valence-corrected chi connectivity index (χ2v) is 20.0. The van der Waals surface area contributed by atoms with Crippen LogP contribution < -0.4 is 40.8 Å². The first-order chi connectivity index (χ1) is 35.0. The van der Waals surface area contributed by atoms with Gasteiger partial charge in [-0.2, -0.15) is 8.42 Å². The molecule has 0 saturated carbocycles. The molecule has 1 unspecified atom stereocenters. The number of rotatable bonds is 30. The van der Waals surface area contributed by atoms with Crippen molar-refractivity contribution in [3.05, 3.63) is 96.2 Å². The molecule has 1 heterocycles. The van der Waals surface area contributed by atoms with E-state index in [4.69, 9.17) is 14.0 Å². The summed E-state index contributed by atoms with van der Waals surface area (Å²) >= 11 is 0. The van der Waals surface area contributed by atoms with E-state index in [1.165, 1.54) is 24.3 Å². The van der Waals surface area contributed by atoms with E-state index in [2.05, 4.69) is 41.1 Å². The lowest BCUT2D eigenvalue weighted by molar-refractivity contribution is -0.138. The maximum absolute atomic E-state index is 14.3. The molecule has 0 aliphatic rings. The number of amides is 6. The first-order valence-corrected chi connectivity index (χ1v) is 26.1. The maximum atomic E-state index is 14.3. The lowest BCUT2D eigenvalue weighted by Gasteiger charge is -2.26. The lowest BCUT2D eigenvalue weighted by atomic mass is 10.0. The SMILES string of the molecule is CCCC[C@H](NC(=O)[C@H](Cc1ccc(OS(=O)(=O)O)cc1)NC(=O)OC(C)(C)C)C(=O)NCC(=O)N[C@@H](Cc1c[nH]c2ccccc12)C(=O)N[C@@H](CCCC)C(=O)N[C@H](CCC(C)Oc1ccccc1)CC(=O)O. The second kappa shape index (κ2) is 28.9. The molecule has 0 fully saturated rings. The first-order valence-electron chi connectivity index (χ1n) is 24.7. The van der Waals surface area contributed by atoms with Gasteiger partial charge < -0.3 is 55.6 Å². The number of benzene rings is 3. The highest BCUT2D eigenvalue weighted by Crippen LogP contribution is 2.21. The molecule has 0 aliphatic heterocycles. The molecule has 0 radical (unpaired) electrons. The fourth-order valence-electron chi connectivity index (χ4n) is 7.83. The van der Waals surface area contributed by atoms with Gasteiger partial charge in [-0.15, -0.1) is 0 Å². The van der Waals surface area contributed by atoms with Crippen molar-refractivity contribution in [2.24, 2.45) is 0 Å². The number of carboxylic acid groups (broad SMARTS) is 1. The number of ether oxygens (including phenoxy) is 2. The minimum absolute atomic E-state index is 0.0316. The molecule has 3 aromatic carbocycles. The molecule has 21 nitrogen and oxygen atoms in total. The number of hydrogen-bond acceptors (Lipinski definition) is 12. The Morgan fingerprint density at radius 3 is 1.84 bits per heavy atom. The zero-order valence-electron chi connectivity index (χ0n) is 42.7. The van der Waals surface area contributed by atoms with Crippen molar-refractivity contribution in [1.82, 2.24) is 36.9 Å². The number of fused-ring (bicyclic) bond motifs is 1. The van der Waals surface area contributed by atoms with Crippen molar-refractivity contribution >= 4 is 62.9 Å². The van der Waals surface area contributed by atoms with Crippen LogP contribution >= 0.6 is 0 Å². The van der Waals surface area contributed by atoms with Crippen LogP contribution in [0.2, 0.25) is 0 Å². The molecular formula is C52H71N7O14S. The average Bonchev–Trinajstić information content (AvgIpc) is 3.74. The van der Waals surface area contributed by atoms with Crippen molar-refractivity contribution in [3.63, 3.8) is 0 Å². The number of nitrogens with one attached hydrogen (secondary N) is 7. The Hall–Kier alpha value is -7.20. The second-order valence-electron chi connectivity index (χ2n) is 19.0. The predicted molar refractivity (Wildman–Crippen MR) is 275 cm³/mol. The molecule has 0 saturated heterocycles. The number of carboxylic acids is 1. The van der Waals surface area contributed by atoms with Crippen molar-refractivity contribution in [3.8, 4) is 11.5 Å². The number of alkyl carbamates (subject to hydrolysis) is 1. The summed E-state index contributed by atoms with van der Waals surface area (Å²) in [7, 11) is -4.80. The van der Waals surface area contributed by atoms with Crippen LogP contribution in [-0.4, -0.2) is 113 Å². The summed E-state index contributed by atoms with van der Waals surface area (Å²) in [6.07, 6.45) is 3.26. The molecule has 4 aromatic rings. The molecule has 6 atom stereocenters. The summed E-state index contributed by atoms with van der Waals surface area (Å²) in [4.78, 5) is 97.8. The first kappa shape index (κ1) is 59.4. The summed E-state index contributed by atoms with van der Waals surface area (Å²) in [5.41, 5.74) is 0.944. The molecule has 9 N–H and O–H groups in total. The van der Waals surface area contributed by atoms with Gasteiger partial charge in [0.05, 0.1) is 19.1 Å². The molecule has 74 heavy (non-hydrogen) atoms. The van der Waals surface area contributed by atoms with Gasteiger partial charge >= 0.3 is 22.5 Å². The summed E-state index contributed by atoms with van der Waals surface area (Å²) in [6.45, 7) is 9.90. The Labute approximate surface area is 432 Å². The third-order valence-electron chi connectivity index (χ3n) is 11.5. The summed E-state index contributed by atoms with van der Waals surface area (Å²) in [6, 6.07) is 16.1. The smallest absolute Gasteiger partial charge is 0.446 e. The van der Waals surface area contributed by atoms with Crippen molar-refractivity contribution in [2.45, 2.75) is 154 Å². The Bertz CT molecular complexity index is 2600. The number of aromatic amines is 1. The van der Waals surface area contributed by atoms with Crippen LogP contribution in [0.4, 0.5) is 4.79 Å². The third kappa shape index (κ3) is 21.5. The molecule has 404 valence electrons. The van der Waals surface area contributed by atoms with Crippen LogP contribution in [-0.2, 0) is 56.7 Å². The number of carbonyl (C=O) groups is 7. The molecule has 0 spiro atoms. The largest absolute Gasteiger partial charge is 0.491 e. The highest BCUT2D eigenvalue weighted by atomic mass is 32.3. The van der Waals surface area contributed by atoms with E-state index in [1.54, 1.807) is 27.0 Å². The van der Waals surface area contributed by atoms with Gasteiger partial charge in [0.2, 0.25) is 29.5 Å². The number of hydrogen-bond donors (Lipinski definition) is 9. The monoisotopic (exact) mass is 1050 g/mol. The summed E-state index contributed by atoms with van der Waals surface area (Å²) in [5.74, 6) is -4.27. The minimum Gasteiger partial charge on any atom is -0.491 e. The summed E-state index contributed by atoms with van der Waals surface area (Å²) < 4.78 is 47.2. The highest BCUT2D eigenvalue weighted by molar-refractivity contribution is 7.81. The normalized spacial score (nSPS) is 13.9. The average molecular weight is 1050 g/mol. The Balaban J connectivity index is 1.50. The van der Waals surface area contributed by atoms with Gasteiger partial charge in [-0.3, -0.25) is 33.3 Å². The molecular weight excluding hydrogens is 979 g/mol. The van der Waals surface area contributed by atoms with E-state index in [0.29, 0.717) is 49.0 Å². The number of carbonyl (C=O) groups excluding carboxylic acids is 6. The van der Waals surface area contributed by atoms with E-state index >= 15 is 0 Å². The quantitative estimate of drug-likeness (QED) is 0.0304. The molecule has 0 aliphatic carbocycles. The number of aromatic nitrogens is 1. The van der Waals surface area contributed by atoms with Crippen LogP contribution in [0.5, 0.6) is 11.5 Å². The standard InChI is InChI=1S/C52H71N7O14S/c1-7-9-19-41(57-49(65)43(59-51(67)72-52(4,5)6)28-34-23-26-38(27-24-34)73-74(68,69)70)47(63)54-32-45(60)56-44(29-35-31-53-40-21-15-14-18-39(35)40)50(66)58-42(20-10-8-2)48(64)55-36(30-46(61)62)25-22-33(3)71-37-16-12-11-13-17-37/h11-18,21,23-24,26-27,31,33,36,41-44,53H,7-10,19-20,22,25,28-30,32H2,1-6H3,(H,54,63)(H,55,64)(H,56,60)(H,57,65)(H,58,66)(H,59,67)(H,61,62)(H,68,69,70)/t33?,36-,41+,42+,43+,44+/m1/s1.